The molecular weight excluding hydrogens is 418 g/mol. The van der Waals surface area contributed by atoms with Gasteiger partial charge in [-0.2, -0.15) is 0 Å². The lowest BCUT2D eigenvalue weighted by molar-refractivity contribution is -0.113. The largest absolute Gasteiger partial charge is 0.369 e. The van der Waals surface area contributed by atoms with Crippen LogP contribution < -0.4 is 10.2 Å². The first-order valence-electron chi connectivity index (χ1n) is 11.1. The van der Waals surface area contributed by atoms with Gasteiger partial charge in [-0.05, 0) is 61.9 Å². The van der Waals surface area contributed by atoms with Crippen molar-refractivity contribution in [3.63, 3.8) is 0 Å². The van der Waals surface area contributed by atoms with Gasteiger partial charge in [0.25, 0.3) is 0 Å². The van der Waals surface area contributed by atoms with Gasteiger partial charge in [-0.25, -0.2) is 4.98 Å². The Labute approximate surface area is 194 Å². The van der Waals surface area contributed by atoms with Crippen molar-refractivity contribution in [3.05, 3.63) is 66.0 Å². The molecule has 0 atom stereocenters. The van der Waals surface area contributed by atoms with E-state index < -0.39 is 0 Å². The first-order valence-corrected chi connectivity index (χ1v) is 12.1. The van der Waals surface area contributed by atoms with Crippen LogP contribution in [0.2, 0.25) is 0 Å². The summed E-state index contributed by atoms with van der Waals surface area (Å²) in [4.78, 5) is 21.9. The molecule has 4 rings (SSSR count). The van der Waals surface area contributed by atoms with Crippen molar-refractivity contribution >= 4 is 29.0 Å². The predicted molar refractivity (Wildman–Crippen MR) is 133 cm³/mol. The minimum absolute atomic E-state index is 0.0326. The van der Waals surface area contributed by atoms with Crippen LogP contribution in [0.5, 0.6) is 0 Å². The zero-order valence-electron chi connectivity index (χ0n) is 19.0. The SMILES string of the molecule is CCN1CCN(c2ccc(NC(=O)CSc3nccn3-c3cccc(C)c3C)cc2)CC1. The van der Waals surface area contributed by atoms with E-state index in [1.54, 1.807) is 6.20 Å². The summed E-state index contributed by atoms with van der Waals surface area (Å²) >= 11 is 1.45. The second kappa shape index (κ2) is 10.2. The molecular formula is C25H31N5OS. The number of thioether (sulfide) groups is 1. The van der Waals surface area contributed by atoms with Gasteiger partial charge in [0.05, 0.1) is 11.4 Å². The van der Waals surface area contributed by atoms with Crippen LogP contribution in [0.1, 0.15) is 18.1 Å². The Morgan fingerprint density at radius 3 is 2.53 bits per heavy atom. The summed E-state index contributed by atoms with van der Waals surface area (Å²) in [5.74, 6) is 0.276. The standard InChI is InChI=1S/C25H31N5OS/c1-4-28-14-16-29(17-15-28)22-10-8-21(9-11-22)27-24(31)18-32-25-26-12-13-30(25)23-7-5-6-19(2)20(23)3/h5-13H,4,14-18H2,1-3H3,(H,27,31). The number of nitrogens with one attached hydrogen (secondary N) is 1. The number of hydrogen-bond acceptors (Lipinski definition) is 5. The fraction of sp³-hybridized carbons (Fsp3) is 0.360. The van der Waals surface area contributed by atoms with E-state index >= 15 is 0 Å². The fourth-order valence-corrected chi connectivity index (χ4v) is 4.75. The number of anilines is 2. The van der Waals surface area contributed by atoms with Gasteiger partial charge in [-0.15, -0.1) is 0 Å². The van der Waals surface area contributed by atoms with Crippen molar-refractivity contribution in [1.82, 2.24) is 14.5 Å². The molecule has 0 radical (unpaired) electrons. The average Bonchev–Trinajstić information content (AvgIpc) is 3.28. The van der Waals surface area contributed by atoms with Gasteiger partial charge in [0.15, 0.2) is 5.16 Å². The molecule has 7 heteroatoms. The molecule has 1 saturated heterocycles. The Kier molecular flexibility index (Phi) is 7.17. The number of likely N-dealkylation sites (N-methyl/N-ethyl adjacent to an activating group) is 1. The molecule has 0 unspecified atom stereocenters. The minimum Gasteiger partial charge on any atom is -0.369 e. The van der Waals surface area contributed by atoms with Gasteiger partial charge in [0.1, 0.15) is 0 Å². The molecule has 1 amide bonds. The third kappa shape index (κ3) is 5.16. The van der Waals surface area contributed by atoms with Crippen molar-refractivity contribution in [2.24, 2.45) is 0 Å². The van der Waals surface area contributed by atoms with Crippen LogP contribution in [-0.4, -0.2) is 58.8 Å². The van der Waals surface area contributed by atoms with E-state index in [9.17, 15) is 4.79 Å². The zero-order valence-corrected chi connectivity index (χ0v) is 19.9. The summed E-state index contributed by atoms with van der Waals surface area (Å²) in [6, 6.07) is 14.4. The Morgan fingerprint density at radius 1 is 1.06 bits per heavy atom. The minimum atomic E-state index is -0.0326. The van der Waals surface area contributed by atoms with E-state index in [1.165, 1.54) is 28.6 Å². The molecule has 1 aromatic heterocycles. The van der Waals surface area contributed by atoms with Crippen LogP contribution in [0.15, 0.2) is 60.0 Å². The lowest BCUT2D eigenvalue weighted by Gasteiger charge is -2.35. The normalized spacial score (nSPS) is 14.5. The van der Waals surface area contributed by atoms with Crippen LogP contribution >= 0.6 is 11.8 Å². The van der Waals surface area contributed by atoms with Gasteiger partial charge in [-0.3, -0.25) is 9.36 Å². The number of aromatic nitrogens is 2. The number of benzene rings is 2. The molecule has 0 spiro atoms. The summed E-state index contributed by atoms with van der Waals surface area (Å²) in [6.45, 7) is 11.8. The van der Waals surface area contributed by atoms with Crippen molar-refractivity contribution in [1.29, 1.82) is 0 Å². The molecule has 6 nitrogen and oxygen atoms in total. The number of nitrogens with zero attached hydrogens (tertiary/aromatic N) is 4. The van der Waals surface area contributed by atoms with Crippen LogP contribution in [-0.2, 0) is 4.79 Å². The topological polar surface area (TPSA) is 53.4 Å². The van der Waals surface area contributed by atoms with Gasteiger partial charge >= 0.3 is 0 Å². The number of hydrogen-bond donors (Lipinski definition) is 1. The van der Waals surface area contributed by atoms with Crippen molar-refractivity contribution in [2.75, 3.05) is 48.7 Å². The van der Waals surface area contributed by atoms with Crippen molar-refractivity contribution in [3.8, 4) is 5.69 Å². The molecule has 1 N–H and O–H groups in total. The van der Waals surface area contributed by atoms with Crippen LogP contribution in [0.4, 0.5) is 11.4 Å². The third-order valence-electron chi connectivity index (χ3n) is 6.11. The highest BCUT2D eigenvalue weighted by atomic mass is 32.2. The summed E-state index contributed by atoms with van der Waals surface area (Å²) in [7, 11) is 0. The Balaban J connectivity index is 1.32. The van der Waals surface area contributed by atoms with Crippen molar-refractivity contribution < 1.29 is 4.79 Å². The summed E-state index contributed by atoms with van der Waals surface area (Å²) in [6.07, 6.45) is 3.72. The molecule has 3 aromatic rings. The number of piperazine rings is 1. The smallest absolute Gasteiger partial charge is 0.234 e. The van der Waals surface area contributed by atoms with E-state index in [4.69, 9.17) is 0 Å². The third-order valence-corrected chi connectivity index (χ3v) is 7.08. The predicted octanol–water partition coefficient (Wildman–Crippen LogP) is 4.36. The molecule has 0 aliphatic carbocycles. The van der Waals surface area contributed by atoms with Gasteiger partial charge in [-0.1, -0.05) is 30.8 Å². The maximum atomic E-state index is 12.5. The molecule has 2 aromatic carbocycles. The summed E-state index contributed by atoms with van der Waals surface area (Å²) < 4.78 is 2.05. The second-order valence-electron chi connectivity index (χ2n) is 8.10. The number of carbonyl (C=O) groups is 1. The van der Waals surface area contributed by atoms with Crippen LogP contribution in [0, 0.1) is 13.8 Å². The van der Waals surface area contributed by atoms with Gasteiger partial charge in [0, 0.05) is 49.9 Å². The van der Waals surface area contributed by atoms with Gasteiger partial charge < -0.3 is 15.1 Å². The molecule has 1 aliphatic rings. The number of imidazole rings is 1. The summed E-state index contributed by atoms with van der Waals surface area (Å²) in [5, 5.41) is 3.82. The maximum absolute atomic E-state index is 12.5. The average molecular weight is 450 g/mol. The number of amides is 1. The number of rotatable bonds is 7. The molecule has 0 saturated carbocycles. The monoisotopic (exact) mass is 449 g/mol. The van der Waals surface area contributed by atoms with Crippen LogP contribution in [0.25, 0.3) is 5.69 Å². The number of aryl methyl sites for hydroxylation is 1. The first kappa shape index (κ1) is 22.4. The van der Waals surface area contributed by atoms with E-state index in [1.807, 2.05) is 29.0 Å². The lowest BCUT2D eigenvalue weighted by Crippen LogP contribution is -2.46. The van der Waals surface area contributed by atoms with Crippen LogP contribution in [0.3, 0.4) is 0 Å². The quantitative estimate of drug-likeness (QED) is 0.543. The van der Waals surface area contributed by atoms with E-state index in [0.717, 1.165) is 49.3 Å². The van der Waals surface area contributed by atoms with E-state index in [2.05, 4.69) is 65.1 Å². The number of carbonyl (C=O) groups excluding carboxylic acids is 1. The molecule has 168 valence electrons. The molecule has 2 heterocycles. The van der Waals surface area contributed by atoms with Gasteiger partial charge in [0.2, 0.25) is 5.91 Å². The summed E-state index contributed by atoms with van der Waals surface area (Å²) in [5.41, 5.74) is 5.59. The highest BCUT2D eigenvalue weighted by Gasteiger charge is 2.16. The Morgan fingerprint density at radius 2 is 1.81 bits per heavy atom. The lowest BCUT2D eigenvalue weighted by atomic mass is 10.1. The van der Waals surface area contributed by atoms with Crippen molar-refractivity contribution in [2.45, 2.75) is 25.9 Å². The highest BCUT2D eigenvalue weighted by molar-refractivity contribution is 7.99. The Bertz CT molecular complexity index is 1050. The molecule has 32 heavy (non-hydrogen) atoms. The molecule has 0 bridgehead atoms. The zero-order chi connectivity index (χ0) is 22.5. The Hall–Kier alpha value is -2.77. The fourth-order valence-electron chi connectivity index (χ4n) is 3.98. The second-order valence-corrected chi connectivity index (χ2v) is 9.05. The molecule has 1 aliphatic heterocycles. The first-order chi connectivity index (χ1) is 15.5. The van der Waals surface area contributed by atoms with E-state index in [0.29, 0.717) is 5.75 Å². The van der Waals surface area contributed by atoms with E-state index in [-0.39, 0.29) is 5.91 Å². The molecule has 1 fully saturated rings. The maximum Gasteiger partial charge on any atom is 0.234 e. The highest BCUT2D eigenvalue weighted by Crippen LogP contribution is 2.25.